The van der Waals surface area contributed by atoms with E-state index in [-0.39, 0.29) is 11.8 Å². The summed E-state index contributed by atoms with van der Waals surface area (Å²) < 4.78 is 0. The highest BCUT2D eigenvalue weighted by molar-refractivity contribution is 5.78. The number of carbonyl (C=O) groups excluding carboxylic acids is 1. The van der Waals surface area contributed by atoms with Crippen LogP contribution in [-0.2, 0) is 4.79 Å². The zero-order valence-electron chi connectivity index (χ0n) is 12.3. The fraction of sp³-hybridized carbons (Fsp3) is 0.933. The molecule has 1 aliphatic heterocycles. The van der Waals surface area contributed by atoms with Crippen molar-refractivity contribution in [1.29, 1.82) is 0 Å². The Hall–Kier alpha value is -0.570. The minimum atomic E-state index is 0.227. The zero-order chi connectivity index (χ0) is 13.4. The molecule has 18 heavy (non-hydrogen) atoms. The van der Waals surface area contributed by atoms with Crippen molar-refractivity contribution in [2.75, 3.05) is 19.6 Å². The number of rotatable bonds is 7. The Kier molecular flexibility index (Phi) is 6.69. The predicted molar refractivity (Wildman–Crippen MR) is 76.5 cm³/mol. The van der Waals surface area contributed by atoms with Crippen LogP contribution in [0.5, 0.6) is 0 Å². The van der Waals surface area contributed by atoms with Gasteiger partial charge in [0.1, 0.15) is 0 Å². The van der Waals surface area contributed by atoms with Crippen molar-refractivity contribution in [3.8, 4) is 0 Å². The summed E-state index contributed by atoms with van der Waals surface area (Å²) in [5, 5.41) is 6.57. The Morgan fingerprint density at radius 3 is 2.28 bits per heavy atom. The van der Waals surface area contributed by atoms with Gasteiger partial charge in [0, 0.05) is 12.5 Å². The lowest BCUT2D eigenvalue weighted by Crippen LogP contribution is -2.44. The van der Waals surface area contributed by atoms with E-state index in [0.717, 1.165) is 45.3 Å². The zero-order valence-corrected chi connectivity index (χ0v) is 12.3. The first-order valence-electron chi connectivity index (χ1n) is 7.59. The van der Waals surface area contributed by atoms with Gasteiger partial charge in [-0.05, 0) is 44.2 Å². The lowest BCUT2D eigenvalue weighted by atomic mass is 9.81. The maximum atomic E-state index is 12.2. The van der Waals surface area contributed by atoms with Gasteiger partial charge >= 0.3 is 0 Å². The highest BCUT2D eigenvalue weighted by Crippen LogP contribution is 2.27. The molecule has 1 fully saturated rings. The molecule has 0 aromatic rings. The average Bonchev–Trinajstić information content (AvgIpc) is 2.37. The van der Waals surface area contributed by atoms with E-state index >= 15 is 0 Å². The standard InChI is InChI=1S/C15H30N2O/c1-4-6-13(7-5-2)14(18)17-12-15(3)8-10-16-11-9-15/h13,16H,4-12H2,1-3H3,(H,17,18). The molecule has 0 bridgehead atoms. The molecule has 0 aromatic carbocycles. The monoisotopic (exact) mass is 254 g/mol. The van der Waals surface area contributed by atoms with E-state index in [9.17, 15) is 4.79 Å². The number of nitrogens with one attached hydrogen (secondary N) is 2. The average molecular weight is 254 g/mol. The molecule has 1 rings (SSSR count). The molecule has 1 heterocycles. The Morgan fingerprint density at radius 2 is 1.78 bits per heavy atom. The van der Waals surface area contributed by atoms with Crippen molar-refractivity contribution in [1.82, 2.24) is 10.6 Å². The first-order valence-corrected chi connectivity index (χ1v) is 7.59. The quantitative estimate of drug-likeness (QED) is 0.733. The molecule has 0 unspecified atom stereocenters. The topological polar surface area (TPSA) is 41.1 Å². The second-order valence-corrected chi connectivity index (χ2v) is 6.05. The molecule has 106 valence electrons. The van der Waals surface area contributed by atoms with Crippen LogP contribution < -0.4 is 10.6 Å². The molecule has 1 amide bonds. The van der Waals surface area contributed by atoms with Crippen LogP contribution in [0.1, 0.15) is 59.3 Å². The first kappa shape index (κ1) is 15.5. The summed E-state index contributed by atoms with van der Waals surface area (Å²) >= 11 is 0. The molecule has 0 saturated carbocycles. The van der Waals surface area contributed by atoms with Crippen LogP contribution in [0.4, 0.5) is 0 Å². The minimum absolute atomic E-state index is 0.227. The van der Waals surface area contributed by atoms with E-state index in [1.165, 1.54) is 12.8 Å². The summed E-state index contributed by atoms with van der Waals surface area (Å²) in [5.74, 6) is 0.503. The van der Waals surface area contributed by atoms with Crippen LogP contribution in [0, 0.1) is 11.3 Å². The van der Waals surface area contributed by atoms with E-state index in [1.807, 2.05) is 0 Å². The lowest BCUT2D eigenvalue weighted by molar-refractivity contribution is -0.126. The molecule has 2 N–H and O–H groups in total. The largest absolute Gasteiger partial charge is 0.355 e. The number of amides is 1. The van der Waals surface area contributed by atoms with E-state index in [1.54, 1.807) is 0 Å². The molecule has 0 aliphatic carbocycles. The summed E-state index contributed by atoms with van der Waals surface area (Å²) in [5.41, 5.74) is 0.296. The molecule has 1 saturated heterocycles. The van der Waals surface area contributed by atoms with Crippen molar-refractivity contribution < 1.29 is 4.79 Å². The van der Waals surface area contributed by atoms with Gasteiger partial charge < -0.3 is 10.6 Å². The summed E-state index contributed by atoms with van der Waals surface area (Å²) in [7, 11) is 0. The van der Waals surface area contributed by atoms with Gasteiger partial charge in [-0.2, -0.15) is 0 Å². The predicted octanol–water partition coefficient (Wildman–Crippen LogP) is 2.71. The highest BCUT2D eigenvalue weighted by Gasteiger charge is 2.28. The van der Waals surface area contributed by atoms with E-state index in [2.05, 4.69) is 31.4 Å². The van der Waals surface area contributed by atoms with Crippen LogP contribution in [0.3, 0.4) is 0 Å². The van der Waals surface area contributed by atoms with E-state index in [4.69, 9.17) is 0 Å². The second-order valence-electron chi connectivity index (χ2n) is 6.05. The number of hydrogen-bond acceptors (Lipinski definition) is 2. The van der Waals surface area contributed by atoms with Gasteiger partial charge in [-0.25, -0.2) is 0 Å². The Balaban J connectivity index is 2.37. The maximum absolute atomic E-state index is 12.2. The molecule has 3 nitrogen and oxygen atoms in total. The van der Waals surface area contributed by atoms with Crippen LogP contribution >= 0.6 is 0 Å². The third kappa shape index (κ3) is 4.97. The minimum Gasteiger partial charge on any atom is -0.355 e. The van der Waals surface area contributed by atoms with Gasteiger partial charge in [0.05, 0.1) is 0 Å². The number of carbonyl (C=O) groups is 1. The second kappa shape index (κ2) is 7.78. The third-order valence-electron chi connectivity index (χ3n) is 4.15. The summed E-state index contributed by atoms with van der Waals surface area (Å²) in [6.07, 6.45) is 6.58. The number of piperidine rings is 1. The molecule has 3 heteroatoms. The van der Waals surface area contributed by atoms with Crippen LogP contribution in [-0.4, -0.2) is 25.5 Å². The van der Waals surface area contributed by atoms with Crippen LogP contribution in [0.15, 0.2) is 0 Å². The van der Waals surface area contributed by atoms with Crippen molar-refractivity contribution in [3.05, 3.63) is 0 Å². The van der Waals surface area contributed by atoms with E-state index < -0.39 is 0 Å². The molecule has 0 spiro atoms. The maximum Gasteiger partial charge on any atom is 0.223 e. The molecule has 1 aliphatic rings. The van der Waals surface area contributed by atoms with Crippen molar-refractivity contribution in [2.45, 2.75) is 59.3 Å². The van der Waals surface area contributed by atoms with Crippen molar-refractivity contribution >= 4 is 5.91 Å². The molecule has 0 radical (unpaired) electrons. The summed E-state index contributed by atoms with van der Waals surface area (Å²) in [4.78, 5) is 12.2. The fourth-order valence-corrected chi connectivity index (χ4v) is 2.76. The van der Waals surface area contributed by atoms with Crippen molar-refractivity contribution in [3.63, 3.8) is 0 Å². The normalized spacial score (nSPS) is 18.9. The van der Waals surface area contributed by atoms with Gasteiger partial charge in [0.25, 0.3) is 0 Å². The summed E-state index contributed by atoms with van der Waals surface area (Å²) in [6.45, 7) is 9.62. The first-order chi connectivity index (χ1) is 8.61. The molecular formula is C15H30N2O. The van der Waals surface area contributed by atoms with Gasteiger partial charge in [0.2, 0.25) is 5.91 Å². The molecule has 0 aromatic heterocycles. The van der Waals surface area contributed by atoms with E-state index in [0.29, 0.717) is 5.41 Å². The van der Waals surface area contributed by atoms with Gasteiger partial charge in [-0.1, -0.05) is 33.6 Å². The van der Waals surface area contributed by atoms with Gasteiger partial charge in [0.15, 0.2) is 0 Å². The van der Waals surface area contributed by atoms with Gasteiger partial charge in [-0.3, -0.25) is 4.79 Å². The Bertz CT molecular complexity index is 241. The fourth-order valence-electron chi connectivity index (χ4n) is 2.76. The van der Waals surface area contributed by atoms with Crippen LogP contribution in [0.2, 0.25) is 0 Å². The third-order valence-corrected chi connectivity index (χ3v) is 4.15. The van der Waals surface area contributed by atoms with Crippen LogP contribution in [0.25, 0.3) is 0 Å². The molecular weight excluding hydrogens is 224 g/mol. The summed E-state index contributed by atoms with van der Waals surface area (Å²) in [6, 6.07) is 0. The SMILES string of the molecule is CCCC(CCC)C(=O)NCC1(C)CCNCC1. The van der Waals surface area contributed by atoms with Crippen molar-refractivity contribution in [2.24, 2.45) is 11.3 Å². The highest BCUT2D eigenvalue weighted by atomic mass is 16.1. The molecule has 0 atom stereocenters. The Morgan fingerprint density at radius 1 is 1.22 bits per heavy atom. The lowest BCUT2D eigenvalue weighted by Gasteiger charge is -2.34. The van der Waals surface area contributed by atoms with Gasteiger partial charge in [-0.15, -0.1) is 0 Å². The number of hydrogen-bond donors (Lipinski definition) is 2. The Labute approximate surface area is 112 Å². The smallest absolute Gasteiger partial charge is 0.223 e.